The predicted molar refractivity (Wildman–Crippen MR) is 79.5 cm³/mol. The average Bonchev–Trinajstić information content (AvgIpc) is 2.34. The number of carboxylic acids is 1. The van der Waals surface area contributed by atoms with Crippen molar-refractivity contribution in [3.8, 4) is 0 Å². The van der Waals surface area contributed by atoms with Crippen molar-refractivity contribution in [3.63, 3.8) is 0 Å². The first-order valence-corrected chi connectivity index (χ1v) is 6.91. The van der Waals surface area contributed by atoms with Crippen molar-refractivity contribution >= 4 is 40.9 Å². The molecule has 116 valence electrons. The average molecular weight is 337 g/mol. The van der Waals surface area contributed by atoms with Crippen LogP contribution >= 0.6 is 23.2 Å². The summed E-state index contributed by atoms with van der Waals surface area (Å²) in [6, 6.07) is 0.611. The molecule has 0 fully saturated rings. The molecule has 21 heavy (non-hydrogen) atoms. The van der Waals surface area contributed by atoms with Gasteiger partial charge in [0.2, 0.25) is 0 Å². The van der Waals surface area contributed by atoms with Crippen LogP contribution < -0.4 is 10.6 Å². The molecule has 0 radical (unpaired) electrons. The Hall–Kier alpha value is -1.53. The molecule has 8 heteroatoms. The van der Waals surface area contributed by atoms with E-state index < -0.39 is 23.9 Å². The van der Waals surface area contributed by atoms with Gasteiger partial charge in [-0.15, -0.1) is 0 Å². The van der Waals surface area contributed by atoms with Crippen LogP contribution in [-0.4, -0.2) is 23.1 Å². The van der Waals surface area contributed by atoms with E-state index in [0.29, 0.717) is 0 Å². The minimum atomic E-state index is -1.13. The van der Waals surface area contributed by atoms with Crippen LogP contribution in [0.3, 0.4) is 0 Å². The number of urea groups is 1. The van der Waals surface area contributed by atoms with Crippen LogP contribution in [0, 0.1) is 11.7 Å². The third kappa shape index (κ3) is 5.40. The number of hydrogen-bond acceptors (Lipinski definition) is 2. The number of carbonyl (C=O) groups is 2. The largest absolute Gasteiger partial charge is 0.480 e. The SMILES string of the molecule is CC(C)C[C@@H](NC(=O)Nc1cc(Cl)c(F)c(Cl)c1)C(=O)O. The highest BCUT2D eigenvalue weighted by Gasteiger charge is 2.21. The highest BCUT2D eigenvalue weighted by molar-refractivity contribution is 6.35. The molecule has 1 aromatic carbocycles. The second kappa shape index (κ2) is 7.47. The molecule has 0 unspecified atom stereocenters. The van der Waals surface area contributed by atoms with Gasteiger partial charge in [0.05, 0.1) is 10.0 Å². The van der Waals surface area contributed by atoms with Crippen LogP contribution in [-0.2, 0) is 4.79 Å². The molecule has 0 aliphatic rings. The highest BCUT2D eigenvalue weighted by Crippen LogP contribution is 2.27. The first-order valence-electron chi connectivity index (χ1n) is 6.15. The number of benzene rings is 1. The molecule has 1 atom stereocenters. The molecule has 0 saturated carbocycles. The van der Waals surface area contributed by atoms with Gasteiger partial charge < -0.3 is 15.7 Å². The van der Waals surface area contributed by atoms with E-state index in [4.69, 9.17) is 28.3 Å². The number of carbonyl (C=O) groups excluding carboxylic acids is 1. The maximum atomic E-state index is 13.2. The monoisotopic (exact) mass is 336 g/mol. The summed E-state index contributed by atoms with van der Waals surface area (Å²) < 4.78 is 13.2. The lowest BCUT2D eigenvalue weighted by Crippen LogP contribution is -2.43. The van der Waals surface area contributed by atoms with Gasteiger partial charge in [0.25, 0.3) is 0 Å². The molecule has 1 aromatic rings. The Balaban J connectivity index is 2.74. The summed E-state index contributed by atoms with van der Waals surface area (Å²) >= 11 is 11.2. The molecule has 3 N–H and O–H groups in total. The topological polar surface area (TPSA) is 78.4 Å². The quantitative estimate of drug-likeness (QED) is 0.716. The summed E-state index contributed by atoms with van der Waals surface area (Å²) in [7, 11) is 0. The van der Waals surface area contributed by atoms with E-state index in [1.54, 1.807) is 0 Å². The van der Waals surface area contributed by atoms with Gasteiger partial charge >= 0.3 is 12.0 Å². The van der Waals surface area contributed by atoms with Crippen LogP contribution in [0.1, 0.15) is 20.3 Å². The third-order valence-electron chi connectivity index (χ3n) is 2.55. The number of hydrogen-bond donors (Lipinski definition) is 3. The van der Waals surface area contributed by atoms with Crippen molar-refractivity contribution < 1.29 is 19.1 Å². The number of nitrogens with one attached hydrogen (secondary N) is 2. The minimum Gasteiger partial charge on any atom is -0.480 e. The van der Waals surface area contributed by atoms with Gasteiger partial charge in [0.1, 0.15) is 6.04 Å². The van der Waals surface area contributed by atoms with Crippen LogP contribution in [0.15, 0.2) is 12.1 Å². The normalized spacial score (nSPS) is 12.1. The molecule has 0 bridgehead atoms. The number of anilines is 1. The van der Waals surface area contributed by atoms with E-state index in [-0.39, 0.29) is 28.1 Å². The summed E-state index contributed by atoms with van der Waals surface area (Å²) in [6.07, 6.45) is 0.285. The molecule has 0 saturated heterocycles. The van der Waals surface area contributed by atoms with Crippen molar-refractivity contribution in [2.45, 2.75) is 26.3 Å². The Morgan fingerprint density at radius 3 is 2.24 bits per heavy atom. The standard InChI is InChI=1S/C13H15Cl2FN2O3/c1-6(2)3-10(12(19)20)18-13(21)17-7-4-8(14)11(16)9(15)5-7/h4-6,10H,3H2,1-2H3,(H,19,20)(H2,17,18,21)/t10-/m1/s1. The van der Waals surface area contributed by atoms with Gasteiger partial charge in [-0.2, -0.15) is 0 Å². The maximum absolute atomic E-state index is 13.2. The zero-order valence-corrected chi connectivity index (χ0v) is 12.9. The Morgan fingerprint density at radius 1 is 1.29 bits per heavy atom. The van der Waals surface area contributed by atoms with Gasteiger partial charge in [-0.25, -0.2) is 14.0 Å². The number of rotatable bonds is 5. The number of carboxylic acid groups (broad SMARTS) is 1. The van der Waals surface area contributed by atoms with E-state index in [1.807, 2.05) is 13.8 Å². The molecular weight excluding hydrogens is 322 g/mol. The molecule has 5 nitrogen and oxygen atoms in total. The molecular formula is C13H15Cl2FN2O3. The Kier molecular flexibility index (Phi) is 6.23. The van der Waals surface area contributed by atoms with Gasteiger partial charge in [-0.05, 0) is 24.5 Å². The van der Waals surface area contributed by atoms with Crippen LogP contribution in [0.4, 0.5) is 14.9 Å². The fraction of sp³-hybridized carbons (Fsp3) is 0.385. The minimum absolute atomic E-state index is 0.0983. The van der Waals surface area contributed by atoms with E-state index >= 15 is 0 Å². The summed E-state index contributed by atoms with van der Waals surface area (Å²) in [6.45, 7) is 3.68. The maximum Gasteiger partial charge on any atom is 0.326 e. The van der Waals surface area contributed by atoms with Gasteiger partial charge in [-0.3, -0.25) is 0 Å². The lowest BCUT2D eigenvalue weighted by atomic mass is 10.0. The lowest BCUT2D eigenvalue weighted by Gasteiger charge is -2.17. The fourth-order valence-corrected chi connectivity index (χ4v) is 2.13. The molecule has 2 amide bonds. The van der Waals surface area contributed by atoms with E-state index in [2.05, 4.69) is 10.6 Å². The highest BCUT2D eigenvalue weighted by atomic mass is 35.5. The van der Waals surface area contributed by atoms with E-state index in [1.165, 1.54) is 12.1 Å². The van der Waals surface area contributed by atoms with Crippen molar-refractivity contribution in [1.29, 1.82) is 0 Å². The van der Waals surface area contributed by atoms with Gasteiger partial charge in [-0.1, -0.05) is 37.0 Å². The Morgan fingerprint density at radius 2 is 1.81 bits per heavy atom. The molecule has 0 spiro atoms. The predicted octanol–water partition coefficient (Wildman–Crippen LogP) is 3.75. The lowest BCUT2D eigenvalue weighted by molar-refractivity contribution is -0.139. The second-order valence-corrected chi connectivity index (χ2v) is 5.69. The van der Waals surface area contributed by atoms with Crippen molar-refractivity contribution in [2.75, 3.05) is 5.32 Å². The molecule has 1 rings (SSSR count). The van der Waals surface area contributed by atoms with Gasteiger partial charge in [0.15, 0.2) is 5.82 Å². The molecule has 0 aliphatic carbocycles. The number of aliphatic carboxylic acids is 1. The summed E-state index contributed by atoms with van der Waals surface area (Å²) in [4.78, 5) is 22.8. The first-order chi connectivity index (χ1) is 9.70. The third-order valence-corrected chi connectivity index (χ3v) is 3.10. The summed E-state index contributed by atoms with van der Waals surface area (Å²) in [5.41, 5.74) is 0.164. The van der Waals surface area contributed by atoms with Crippen molar-refractivity contribution in [2.24, 2.45) is 5.92 Å². The van der Waals surface area contributed by atoms with Crippen LogP contribution in [0.5, 0.6) is 0 Å². The second-order valence-electron chi connectivity index (χ2n) is 4.87. The smallest absolute Gasteiger partial charge is 0.326 e. The zero-order valence-electron chi connectivity index (χ0n) is 11.4. The zero-order chi connectivity index (χ0) is 16.2. The van der Waals surface area contributed by atoms with Crippen molar-refractivity contribution in [3.05, 3.63) is 28.0 Å². The Bertz CT molecular complexity index is 529. The summed E-state index contributed by atoms with van der Waals surface area (Å²) in [5, 5.41) is 13.2. The Labute approximate surface area is 131 Å². The van der Waals surface area contributed by atoms with Crippen molar-refractivity contribution in [1.82, 2.24) is 5.32 Å². The van der Waals surface area contributed by atoms with E-state index in [0.717, 1.165) is 0 Å². The van der Waals surface area contributed by atoms with Gasteiger partial charge in [0, 0.05) is 5.69 Å². The molecule has 0 aliphatic heterocycles. The van der Waals surface area contributed by atoms with Crippen LogP contribution in [0.25, 0.3) is 0 Å². The number of halogens is 3. The molecule has 0 heterocycles. The fourth-order valence-electron chi connectivity index (χ4n) is 1.65. The summed E-state index contributed by atoms with van der Waals surface area (Å²) in [5.74, 6) is -1.82. The number of amides is 2. The first kappa shape index (κ1) is 17.5. The molecule has 0 aromatic heterocycles. The van der Waals surface area contributed by atoms with E-state index in [9.17, 15) is 14.0 Å². The van der Waals surface area contributed by atoms with Crippen LogP contribution in [0.2, 0.25) is 10.0 Å².